The maximum absolute atomic E-state index is 13.4. The number of amides is 2. The molecule has 1 N–H and O–H groups in total. The Labute approximate surface area is 179 Å². The normalized spacial score (nSPS) is 20.2. The molecule has 1 atom stereocenters. The van der Waals surface area contributed by atoms with E-state index in [1.54, 1.807) is 7.11 Å². The topological polar surface area (TPSA) is 62.6 Å². The second-order valence-corrected chi connectivity index (χ2v) is 8.94. The van der Waals surface area contributed by atoms with Crippen molar-refractivity contribution in [2.24, 2.45) is 12.5 Å². The zero-order chi connectivity index (χ0) is 21.3. The van der Waals surface area contributed by atoms with Gasteiger partial charge in [0.25, 0.3) is 0 Å². The number of carbonyl (C=O) groups is 1. The van der Waals surface area contributed by atoms with Crippen molar-refractivity contribution < 1.29 is 9.53 Å². The van der Waals surface area contributed by atoms with Crippen LogP contribution in [0.2, 0.25) is 0 Å². The number of urea groups is 1. The fourth-order valence-corrected chi connectivity index (χ4v) is 4.74. The number of ether oxygens (including phenoxy) is 1. The van der Waals surface area contributed by atoms with Crippen LogP contribution in [-0.4, -0.2) is 58.9 Å². The minimum Gasteiger partial charge on any atom is -0.497 e. The Hall–Kier alpha value is -2.54. The van der Waals surface area contributed by atoms with Crippen LogP contribution in [0.15, 0.2) is 30.3 Å². The Morgan fingerprint density at radius 1 is 1.30 bits per heavy atom. The van der Waals surface area contributed by atoms with Crippen molar-refractivity contribution >= 4 is 6.03 Å². The van der Waals surface area contributed by atoms with E-state index >= 15 is 0 Å². The number of benzene rings is 1. The molecular weight excluding hydrogens is 378 g/mol. The molecule has 7 nitrogen and oxygen atoms in total. The number of carbonyl (C=O) groups excluding carboxylic acids is 1. The second-order valence-electron chi connectivity index (χ2n) is 8.94. The van der Waals surface area contributed by atoms with E-state index in [1.165, 1.54) is 12.8 Å². The van der Waals surface area contributed by atoms with Gasteiger partial charge in [-0.15, -0.1) is 0 Å². The lowest BCUT2D eigenvalue weighted by Crippen LogP contribution is -2.55. The first-order valence-corrected chi connectivity index (χ1v) is 10.8. The second kappa shape index (κ2) is 8.30. The van der Waals surface area contributed by atoms with Crippen LogP contribution in [-0.2, 0) is 20.1 Å². The van der Waals surface area contributed by atoms with Gasteiger partial charge in [0.15, 0.2) is 0 Å². The van der Waals surface area contributed by atoms with Gasteiger partial charge in [0.05, 0.1) is 19.3 Å². The summed E-state index contributed by atoms with van der Waals surface area (Å²) in [5, 5.41) is 7.77. The van der Waals surface area contributed by atoms with Gasteiger partial charge in [-0.05, 0) is 63.5 Å². The molecule has 1 aromatic carbocycles. The Kier molecular flexibility index (Phi) is 5.73. The van der Waals surface area contributed by atoms with Gasteiger partial charge in [-0.1, -0.05) is 12.1 Å². The first kappa shape index (κ1) is 20.7. The largest absolute Gasteiger partial charge is 0.497 e. The number of rotatable bonds is 6. The Morgan fingerprint density at radius 2 is 2.03 bits per heavy atom. The van der Waals surface area contributed by atoms with E-state index in [9.17, 15) is 4.79 Å². The molecule has 1 aromatic heterocycles. The van der Waals surface area contributed by atoms with E-state index in [0.29, 0.717) is 13.1 Å². The highest BCUT2D eigenvalue weighted by Gasteiger charge is 2.54. The van der Waals surface area contributed by atoms with Crippen molar-refractivity contribution in [3.63, 3.8) is 0 Å². The van der Waals surface area contributed by atoms with E-state index in [-0.39, 0.29) is 17.5 Å². The highest BCUT2D eigenvalue weighted by Crippen LogP contribution is 2.54. The number of nitrogens with one attached hydrogen (secondary N) is 1. The Balaban J connectivity index is 1.50. The first-order chi connectivity index (χ1) is 14.4. The molecule has 1 saturated heterocycles. The van der Waals surface area contributed by atoms with Gasteiger partial charge >= 0.3 is 6.03 Å². The molecule has 2 fully saturated rings. The number of piperidine rings is 1. The molecule has 162 valence electrons. The lowest BCUT2D eigenvalue weighted by Gasteiger charge is -2.43. The maximum Gasteiger partial charge on any atom is 0.318 e. The van der Waals surface area contributed by atoms with E-state index in [0.717, 1.165) is 42.2 Å². The van der Waals surface area contributed by atoms with Crippen LogP contribution < -0.4 is 10.1 Å². The molecule has 7 heteroatoms. The molecular formula is C23H33N5O2. The third-order valence-corrected chi connectivity index (χ3v) is 6.70. The smallest absolute Gasteiger partial charge is 0.318 e. The van der Waals surface area contributed by atoms with Crippen molar-refractivity contribution in [2.45, 2.75) is 45.3 Å². The summed E-state index contributed by atoms with van der Waals surface area (Å²) in [4.78, 5) is 17.8. The molecule has 2 aromatic rings. The molecule has 1 aliphatic carbocycles. The highest BCUT2D eigenvalue weighted by molar-refractivity contribution is 5.74. The van der Waals surface area contributed by atoms with Crippen LogP contribution in [0.1, 0.15) is 36.2 Å². The summed E-state index contributed by atoms with van der Waals surface area (Å²) in [5.41, 5.74) is 3.36. The molecule has 1 aliphatic heterocycles. The summed E-state index contributed by atoms with van der Waals surface area (Å²) < 4.78 is 7.10. The lowest BCUT2D eigenvalue weighted by atomic mass is 9.87. The van der Waals surface area contributed by atoms with Gasteiger partial charge in [-0.25, -0.2) is 4.79 Å². The van der Waals surface area contributed by atoms with E-state index in [1.807, 2.05) is 47.8 Å². The minimum atomic E-state index is -0.00467. The van der Waals surface area contributed by atoms with E-state index in [4.69, 9.17) is 4.74 Å². The van der Waals surface area contributed by atoms with Crippen molar-refractivity contribution in [1.29, 1.82) is 0 Å². The fraction of sp³-hybridized carbons (Fsp3) is 0.565. The van der Waals surface area contributed by atoms with Gasteiger partial charge in [-0.2, -0.15) is 5.10 Å². The summed E-state index contributed by atoms with van der Waals surface area (Å²) in [6.07, 6.45) is 3.41. The average Bonchev–Trinajstić information content (AvgIpc) is 3.41. The van der Waals surface area contributed by atoms with Crippen LogP contribution in [0.4, 0.5) is 4.79 Å². The van der Waals surface area contributed by atoms with Crippen molar-refractivity contribution in [1.82, 2.24) is 24.9 Å². The average molecular weight is 412 g/mol. The number of nitrogens with zero attached hydrogens (tertiary/aromatic N) is 4. The number of methoxy groups -OCH3 is 1. The van der Waals surface area contributed by atoms with Crippen LogP contribution in [0.5, 0.6) is 5.75 Å². The van der Waals surface area contributed by atoms with Gasteiger partial charge in [0.2, 0.25) is 0 Å². The third kappa shape index (κ3) is 4.31. The SMILES string of the molecule is COc1ccc(CNC(=O)N(Cc2cc(C)n(C)n2)C2CCN(C)CC23CC3)cc1. The standard InChI is InChI=1S/C23H33N5O2/c1-17-13-19(25-27(17)3)15-28(21-9-12-26(2)16-23(21)10-11-23)22(29)24-14-18-5-7-20(30-4)8-6-18/h5-8,13,21H,9-12,14-16H2,1-4H3,(H,24,29). The first-order valence-electron chi connectivity index (χ1n) is 10.8. The minimum absolute atomic E-state index is 0.00467. The van der Waals surface area contributed by atoms with Crippen molar-refractivity contribution in [3.05, 3.63) is 47.3 Å². The van der Waals surface area contributed by atoms with Crippen molar-refractivity contribution in [2.75, 3.05) is 27.2 Å². The molecule has 2 aliphatic rings. The molecule has 0 bridgehead atoms. The molecule has 2 heterocycles. The predicted molar refractivity (Wildman–Crippen MR) is 116 cm³/mol. The quantitative estimate of drug-likeness (QED) is 0.794. The van der Waals surface area contributed by atoms with E-state index < -0.39 is 0 Å². The van der Waals surface area contributed by atoms with E-state index in [2.05, 4.69) is 28.4 Å². The molecule has 4 rings (SSSR count). The van der Waals surface area contributed by atoms with Gasteiger partial charge in [0.1, 0.15) is 5.75 Å². The molecule has 1 saturated carbocycles. The van der Waals surface area contributed by atoms with Crippen LogP contribution in [0.25, 0.3) is 0 Å². The summed E-state index contributed by atoms with van der Waals surface area (Å²) in [6, 6.07) is 10.2. The number of aryl methyl sites for hydroxylation is 2. The van der Waals surface area contributed by atoms with Gasteiger partial charge in [-0.3, -0.25) is 4.68 Å². The zero-order valence-corrected chi connectivity index (χ0v) is 18.5. The number of likely N-dealkylation sites (tertiary alicyclic amines) is 1. The monoisotopic (exact) mass is 411 g/mol. The van der Waals surface area contributed by atoms with Crippen molar-refractivity contribution in [3.8, 4) is 5.75 Å². The van der Waals surface area contributed by atoms with Crippen LogP contribution in [0.3, 0.4) is 0 Å². The number of aromatic nitrogens is 2. The summed E-state index contributed by atoms with van der Waals surface area (Å²) in [5.74, 6) is 0.819. The molecule has 0 radical (unpaired) electrons. The lowest BCUT2D eigenvalue weighted by molar-refractivity contribution is 0.0669. The molecule has 1 unspecified atom stereocenters. The number of hydrogen-bond donors (Lipinski definition) is 1. The van der Waals surface area contributed by atoms with Gasteiger partial charge < -0.3 is 19.9 Å². The maximum atomic E-state index is 13.4. The zero-order valence-electron chi connectivity index (χ0n) is 18.5. The molecule has 1 spiro atoms. The van der Waals surface area contributed by atoms with Crippen LogP contribution in [0, 0.1) is 12.3 Å². The summed E-state index contributed by atoms with van der Waals surface area (Å²) >= 11 is 0. The summed E-state index contributed by atoms with van der Waals surface area (Å²) in [7, 11) is 5.79. The van der Waals surface area contributed by atoms with Gasteiger partial charge in [0, 0.05) is 37.3 Å². The fourth-order valence-electron chi connectivity index (χ4n) is 4.74. The van der Waals surface area contributed by atoms with Crippen LogP contribution >= 0.6 is 0 Å². The Morgan fingerprint density at radius 3 is 2.63 bits per heavy atom. The highest BCUT2D eigenvalue weighted by atomic mass is 16.5. The summed E-state index contributed by atoms with van der Waals surface area (Å²) in [6.45, 7) is 5.19. The molecule has 2 amide bonds. The molecule has 30 heavy (non-hydrogen) atoms. The third-order valence-electron chi connectivity index (χ3n) is 6.70. The predicted octanol–water partition coefficient (Wildman–Crippen LogP) is 2.93. The Bertz CT molecular complexity index is 868. The number of hydrogen-bond acceptors (Lipinski definition) is 4.